The maximum atomic E-state index is 14.5. The molecule has 0 atom stereocenters. The van der Waals surface area contributed by atoms with Crippen LogP contribution in [0.15, 0.2) is 24.4 Å². The van der Waals surface area contributed by atoms with Crippen molar-refractivity contribution in [1.82, 2.24) is 9.97 Å². The molecule has 9 heteroatoms. The predicted molar refractivity (Wildman–Crippen MR) is 85.0 cm³/mol. The van der Waals surface area contributed by atoms with Crippen molar-refractivity contribution in [2.75, 3.05) is 5.73 Å². The molecule has 0 fully saturated rings. The molecule has 3 aromatic rings. The Labute approximate surface area is 176 Å². The van der Waals surface area contributed by atoms with E-state index >= 15 is 0 Å². The first-order chi connectivity index (χ1) is 10.4. The number of fused-ring (bicyclic) bond motifs is 1. The minimum absolute atomic E-state index is 0. The van der Waals surface area contributed by atoms with Crippen LogP contribution in [0, 0.1) is 11.6 Å². The van der Waals surface area contributed by atoms with E-state index in [9.17, 15) is 13.6 Å². The Morgan fingerprint density at radius 3 is 2.61 bits per heavy atom. The van der Waals surface area contributed by atoms with Crippen molar-refractivity contribution in [2.45, 2.75) is 0 Å². The Morgan fingerprint density at radius 1 is 1.26 bits per heavy atom. The molecule has 0 aliphatic heterocycles. The first kappa shape index (κ1) is 18.3. The number of benzene rings is 1. The van der Waals surface area contributed by atoms with E-state index in [1.54, 1.807) is 12.1 Å². The van der Waals surface area contributed by atoms with Gasteiger partial charge in [-0.05, 0) is 12.1 Å². The van der Waals surface area contributed by atoms with Crippen LogP contribution in [0.2, 0.25) is 5.02 Å². The van der Waals surface area contributed by atoms with Gasteiger partial charge in [0.1, 0.15) is 5.69 Å². The number of nitrogens with zero attached hydrogens (tertiary/aromatic N) is 1. The summed E-state index contributed by atoms with van der Waals surface area (Å²) in [6.07, 6.45) is 1.53. The fourth-order valence-corrected chi connectivity index (χ4v) is 2.36. The van der Waals surface area contributed by atoms with Crippen molar-refractivity contribution in [3.63, 3.8) is 0 Å². The number of nitrogen functional groups attached to an aromatic ring is 1. The number of pyridine rings is 1. The third kappa shape index (κ3) is 3.02. The Bertz CT molecular complexity index is 930. The number of hydrogen-bond donors (Lipinski definition) is 3. The summed E-state index contributed by atoms with van der Waals surface area (Å²) in [5.74, 6) is -3.31. The second-order valence-electron chi connectivity index (χ2n) is 4.52. The van der Waals surface area contributed by atoms with Crippen LogP contribution in [0.25, 0.3) is 22.2 Å². The van der Waals surface area contributed by atoms with Crippen LogP contribution in [0.3, 0.4) is 0 Å². The van der Waals surface area contributed by atoms with E-state index in [4.69, 9.17) is 22.4 Å². The topological polar surface area (TPSA) is 92.0 Å². The molecule has 0 radical (unpaired) electrons. The van der Waals surface area contributed by atoms with E-state index in [0.29, 0.717) is 5.39 Å². The molecule has 0 unspecified atom stereocenters. The molecule has 1 aromatic carbocycles. The number of H-pyrrole nitrogens is 1. The SMILES string of the molecule is Nc1c(F)c(-c2ccc3cc[nH]c3c2F)nc(C(=O)O)c1Cl.[KH]. The normalized spacial score (nSPS) is 10.6. The van der Waals surface area contributed by atoms with Gasteiger partial charge < -0.3 is 15.8 Å². The zero-order chi connectivity index (χ0) is 16.0. The van der Waals surface area contributed by atoms with Gasteiger partial charge in [-0.2, -0.15) is 0 Å². The van der Waals surface area contributed by atoms with Crippen molar-refractivity contribution in [2.24, 2.45) is 0 Å². The fourth-order valence-electron chi connectivity index (χ4n) is 2.16. The van der Waals surface area contributed by atoms with E-state index in [-0.39, 0.29) is 62.5 Å². The summed E-state index contributed by atoms with van der Waals surface area (Å²) < 4.78 is 28.7. The number of carbonyl (C=O) groups is 1. The van der Waals surface area contributed by atoms with Gasteiger partial charge in [0, 0.05) is 17.1 Å². The van der Waals surface area contributed by atoms with Gasteiger partial charge in [0.15, 0.2) is 17.3 Å². The number of aromatic nitrogens is 2. The number of aromatic carboxylic acids is 1. The van der Waals surface area contributed by atoms with Crippen molar-refractivity contribution in [3.8, 4) is 11.3 Å². The number of nitrogens with two attached hydrogens (primary N) is 1. The van der Waals surface area contributed by atoms with E-state index < -0.39 is 39.7 Å². The summed E-state index contributed by atoms with van der Waals surface area (Å²) in [5.41, 5.74) is 3.68. The van der Waals surface area contributed by atoms with E-state index in [0.717, 1.165) is 0 Å². The van der Waals surface area contributed by atoms with Crippen LogP contribution in [0.1, 0.15) is 10.5 Å². The van der Waals surface area contributed by atoms with Gasteiger partial charge in [0.2, 0.25) is 0 Å². The van der Waals surface area contributed by atoms with Gasteiger partial charge in [-0.1, -0.05) is 17.7 Å². The van der Waals surface area contributed by atoms with Crippen molar-refractivity contribution >= 4 is 85.5 Å². The Balaban J connectivity index is 0.00000192. The molecule has 23 heavy (non-hydrogen) atoms. The zero-order valence-electron chi connectivity index (χ0n) is 10.8. The molecule has 0 spiro atoms. The monoisotopic (exact) mass is 363 g/mol. The number of halogens is 3. The Kier molecular flexibility index (Phi) is 5.44. The molecular weight excluding hydrogens is 355 g/mol. The first-order valence-electron chi connectivity index (χ1n) is 6.05. The number of carboxylic acid groups (broad SMARTS) is 1. The standard InChI is InChI=1S/C14H8ClF2N3O2.K.H/c15-7-10(18)9(17)12(20-13(7)14(21)22)6-2-1-5-3-4-19-11(5)8(6)16;;/h1-4,19H,(H2,18,20)(H,21,22);;. The van der Waals surface area contributed by atoms with Crippen LogP contribution in [0.4, 0.5) is 14.5 Å². The second-order valence-corrected chi connectivity index (χ2v) is 4.90. The van der Waals surface area contributed by atoms with Gasteiger partial charge in [-0.15, -0.1) is 0 Å². The first-order valence-corrected chi connectivity index (χ1v) is 6.43. The van der Waals surface area contributed by atoms with Crippen LogP contribution in [0.5, 0.6) is 0 Å². The molecule has 0 saturated heterocycles. The quantitative estimate of drug-likeness (QED) is 0.610. The van der Waals surface area contributed by atoms with Crippen molar-refractivity contribution < 1.29 is 18.7 Å². The van der Waals surface area contributed by atoms with E-state index in [1.807, 2.05) is 0 Å². The molecular formula is C14H9ClF2KN3O2. The van der Waals surface area contributed by atoms with Crippen LogP contribution in [-0.2, 0) is 0 Å². The number of nitrogens with one attached hydrogen (secondary N) is 1. The van der Waals surface area contributed by atoms with E-state index in [2.05, 4.69) is 9.97 Å². The molecule has 0 amide bonds. The molecule has 3 rings (SSSR count). The molecule has 0 bridgehead atoms. The van der Waals surface area contributed by atoms with Gasteiger partial charge in [0.25, 0.3) is 0 Å². The average molecular weight is 364 g/mol. The average Bonchev–Trinajstić information content (AvgIpc) is 2.95. The van der Waals surface area contributed by atoms with Crippen LogP contribution >= 0.6 is 11.6 Å². The molecule has 0 saturated carbocycles. The number of anilines is 1. The molecule has 5 nitrogen and oxygen atoms in total. The van der Waals surface area contributed by atoms with Crippen LogP contribution < -0.4 is 5.73 Å². The summed E-state index contributed by atoms with van der Waals surface area (Å²) in [4.78, 5) is 17.4. The Morgan fingerprint density at radius 2 is 1.96 bits per heavy atom. The van der Waals surface area contributed by atoms with Gasteiger partial charge in [0.05, 0.1) is 16.2 Å². The fraction of sp³-hybridized carbons (Fsp3) is 0. The molecule has 2 heterocycles. The summed E-state index contributed by atoms with van der Waals surface area (Å²) in [5, 5.41) is 9.10. The predicted octanol–water partition coefficient (Wildman–Crippen LogP) is 2.79. The summed E-state index contributed by atoms with van der Waals surface area (Å²) >= 11 is 5.66. The molecule has 114 valence electrons. The third-order valence-electron chi connectivity index (χ3n) is 3.23. The van der Waals surface area contributed by atoms with Gasteiger partial charge in [-0.25, -0.2) is 18.6 Å². The van der Waals surface area contributed by atoms with Crippen LogP contribution in [-0.4, -0.2) is 72.4 Å². The van der Waals surface area contributed by atoms with E-state index in [1.165, 1.54) is 12.3 Å². The Hall–Kier alpha value is -1.03. The summed E-state index contributed by atoms with van der Waals surface area (Å²) in [6, 6.07) is 4.50. The molecule has 0 aliphatic carbocycles. The number of aromatic amines is 1. The maximum absolute atomic E-state index is 14.5. The molecule has 0 aliphatic rings. The summed E-state index contributed by atoms with van der Waals surface area (Å²) in [6.45, 7) is 0. The minimum atomic E-state index is -1.49. The number of rotatable bonds is 2. The number of carboxylic acids is 1. The van der Waals surface area contributed by atoms with Gasteiger partial charge >= 0.3 is 57.4 Å². The second kappa shape index (κ2) is 6.84. The number of hydrogen-bond acceptors (Lipinski definition) is 3. The van der Waals surface area contributed by atoms with Crippen molar-refractivity contribution in [1.29, 1.82) is 0 Å². The summed E-state index contributed by atoms with van der Waals surface area (Å²) in [7, 11) is 0. The zero-order valence-corrected chi connectivity index (χ0v) is 11.6. The van der Waals surface area contributed by atoms with Crippen molar-refractivity contribution in [3.05, 3.63) is 46.7 Å². The molecule has 4 N–H and O–H groups in total. The third-order valence-corrected chi connectivity index (χ3v) is 3.62. The molecule has 2 aromatic heterocycles. The van der Waals surface area contributed by atoms with Gasteiger partial charge in [-0.3, -0.25) is 0 Å².